The standard InChI is InChI=1S/C16H20FNO2.C14H23N3/c17-14-3-1-2-12(9-14)13-6-7-18(10-13)15(16(19)20)8-11-4-5-11;1-12-10-16-14(11-15-12)5-3-4-13-6-8-17(2)9-7-13/h1-3,9,11,13,15H,4-8,10H2,(H,19,20);10-11,13H,3-9H2,1-2H3. The van der Waals surface area contributed by atoms with Crippen molar-refractivity contribution in [3.05, 3.63) is 59.4 Å². The van der Waals surface area contributed by atoms with Gasteiger partial charge < -0.3 is 10.0 Å². The summed E-state index contributed by atoms with van der Waals surface area (Å²) in [6.07, 6.45) is 14.2. The molecule has 1 saturated carbocycles. The van der Waals surface area contributed by atoms with Crippen LogP contribution in [-0.2, 0) is 11.2 Å². The Morgan fingerprint density at radius 2 is 1.86 bits per heavy atom. The van der Waals surface area contributed by atoms with E-state index in [0.29, 0.717) is 5.92 Å². The van der Waals surface area contributed by atoms with E-state index in [0.717, 1.165) is 55.2 Å². The van der Waals surface area contributed by atoms with Gasteiger partial charge in [-0.3, -0.25) is 19.7 Å². The lowest BCUT2D eigenvalue weighted by Crippen LogP contribution is -2.40. The summed E-state index contributed by atoms with van der Waals surface area (Å²) >= 11 is 0. The average Bonchev–Trinajstić information content (AvgIpc) is 3.58. The van der Waals surface area contributed by atoms with Crippen LogP contribution in [0.15, 0.2) is 36.7 Å². The summed E-state index contributed by atoms with van der Waals surface area (Å²) in [7, 11) is 2.22. The fourth-order valence-corrected chi connectivity index (χ4v) is 5.65. The molecule has 1 N–H and O–H groups in total. The molecule has 1 aromatic carbocycles. The highest BCUT2D eigenvalue weighted by Gasteiger charge is 2.37. The van der Waals surface area contributed by atoms with Crippen molar-refractivity contribution in [1.82, 2.24) is 19.8 Å². The molecule has 37 heavy (non-hydrogen) atoms. The monoisotopic (exact) mass is 510 g/mol. The van der Waals surface area contributed by atoms with Crippen molar-refractivity contribution in [1.29, 1.82) is 0 Å². The number of rotatable bonds is 9. The van der Waals surface area contributed by atoms with Gasteiger partial charge in [0.1, 0.15) is 11.9 Å². The van der Waals surface area contributed by atoms with Gasteiger partial charge in [-0.1, -0.05) is 25.0 Å². The number of carboxylic acids is 1. The van der Waals surface area contributed by atoms with Crippen LogP contribution >= 0.6 is 0 Å². The predicted octanol–water partition coefficient (Wildman–Crippen LogP) is 5.32. The zero-order valence-electron chi connectivity index (χ0n) is 22.5. The summed E-state index contributed by atoms with van der Waals surface area (Å²) in [5.41, 5.74) is 3.13. The van der Waals surface area contributed by atoms with Crippen molar-refractivity contribution >= 4 is 5.97 Å². The lowest BCUT2D eigenvalue weighted by atomic mass is 9.91. The molecule has 6 nitrogen and oxygen atoms in total. The van der Waals surface area contributed by atoms with E-state index in [1.807, 2.05) is 25.4 Å². The number of hydrogen-bond donors (Lipinski definition) is 1. The number of halogens is 1. The Balaban J connectivity index is 0.000000176. The van der Waals surface area contributed by atoms with Crippen LogP contribution in [0.3, 0.4) is 0 Å². The quantitative estimate of drug-likeness (QED) is 0.493. The van der Waals surface area contributed by atoms with Gasteiger partial charge in [-0.15, -0.1) is 0 Å². The highest BCUT2D eigenvalue weighted by atomic mass is 19.1. The zero-order valence-corrected chi connectivity index (χ0v) is 22.5. The van der Waals surface area contributed by atoms with E-state index < -0.39 is 5.97 Å². The molecule has 2 atom stereocenters. The summed E-state index contributed by atoms with van der Waals surface area (Å²) in [5.74, 6) is 0.867. The molecule has 2 aromatic rings. The number of aliphatic carboxylic acids is 1. The van der Waals surface area contributed by atoms with Crippen molar-refractivity contribution in [2.45, 2.75) is 76.7 Å². The predicted molar refractivity (Wildman–Crippen MR) is 144 cm³/mol. The molecule has 1 aromatic heterocycles. The maximum Gasteiger partial charge on any atom is 0.320 e. The van der Waals surface area contributed by atoms with Crippen LogP contribution in [0.5, 0.6) is 0 Å². The number of carbonyl (C=O) groups is 1. The molecular weight excluding hydrogens is 467 g/mol. The van der Waals surface area contributed by atoms with Crippen molar-refractivity contribution in [2.75, 3.05) is 33.2 Å². The molecule has 0 radical (unpaired) electrons. The van der Waals surface area contributed by atoms with Gasteiger partial charge in [-0.25, -0.2) is 4.39 Å². The molecule has 202 valence electrons. The molecule has 0 amide bonds. The highest BCUT2D eigenvalue weighted by Crippen LogP contribution is 2.37. The van der Waals surface area contributed by atoms with Crippen LogP contribution in [0.25, 0.3) is 0 Å². The first kappa shape index (κ1) is 27.6. The largest absolute Gasteiger partial charge is 0.480 e. The Kier molecular flexibility index (Phi) is 10.0. The van der Waals surface area contributed by atoms with Crippen LogP contribution in [0.4, 0.5) is 4.39 Å². The third kappa shape index (κ3) is 8.85. The maximum atomic E-state index is 13.3. The Labute approximate surface area is 221 Å². The molecular formula is C30H43FN4O2. The van der Waals surface area contributed by atoms with Crippen LogP contribution in [0.2, 0.25) is 0 Å². The van der Waals surface area contributed by atoms with E-state index >= 15 is 0 Å². The molecule has 7 heteroatoms. The number of likely N-dealkylation sites (tertiary alicyclic amines) is 2. The lowest BCUT2D eigenvalue weighted by molar-refractivity contribution is -0.143. The Bertz CT molecular complexity index is 989. The molecule has 3 heterocycles. The number of aryl methyl sites for hydroxylation is 2. The number of nitrogens with zero attached hydrogens (tertiary/aromatic N) is 4. The van der Waals surface area contributed by atoms with E-state index in [1.165, 1.54) is 57.7 Å². The topological polar surface area (TPSA) is 69.6 Å². The van der Waals surface area contributed by atoms with Crippen LogP contribution in [0.1, 0.15) is 74.2 Å². The summed E-state index contributed by atoms with van der Waals surface area (Å²) in [4.78, 5) is 24.6. The lowest BCUT2D eigenvalue weighted by Gasteiger charge is -2.28. The first-order chi connectivity index (χ1) is 17.9. The van der Waals surface area contributed by atoms with E-state index in [-0.39, 0.29) is 17.8 Å². The molecule has 2 aliphatic heterocycles. The molecule has 3 aliphatic rings. The minimum Gasteiger partial charge on any atom is -0.480 e. The second kappa shape index (κ2) is 13.4. The first-order valence-corrected chi connectivity index (χ1v) is 14.1. The third-order valence-electron chi connectivity index (χ3n) is 8.24. The number of aromatic nitrogens is 2. The minimum atomic E-state index is -0.711. The number of carboxylic acid groups (broad SMARTS) is 1. The number of piperidine rings is 1. The minimum absolute atomic E-state index is 0.214. The average molecular weight is 511 g/mol. The van der Waals surface area contributed by atoms with Crippen LogP contribution in [0, 0.1) is 24.6 Å². The van der Waals surface area contributed by atoms with Crippen molar-refractivity contribution in [2.24, 2.45) is 11.8 Å². The molecule has 5 rings (SSSR count). The third-order valence-corrected chi connectivity index (χ3v) is 8.24. The Morgan fingerprint density at radius 1 is 1.08 bits per heavy atom. The van der Waals surface area contributed by atoms with Gasteiger partial charge in [0, 0.05) is 18.9 Å². The number of benzene rings is 1. The van der Waals surface area contributed by atoms with Crippen molar-refractivity contribution in [3.8, 4) is 0 Å². The van der Waals surface area contributed by atoms with Gasteiger partial charge >= 0.3 is 5.97 Å². The molecule has 1 aliphatic carbocycles. The van der Waals surface area contributed by atoms with Gasteiger partial charge in [0.05, 0.1) is 11.4 Å². The molecule has 0 bridgehead atoms. The summed E-state index contributed by atoms with van der Waals surface area (Å²) < 4.78 is 13.3. The fraction of sp³-hybridized carbons (Fsp3) is 0.633. The van der Waals surface area contributed by atoms with Crippen LogP contribution < -0.4 is 0 Å². The summed E-state index contributed by atoms with van der Waals surface area (Å²) in [6, 6.07) is 6.33. The normalized spacial score (nSPS) is 21.9. The second-order valence-electron chi connectivity index (χ2n) is 11.4. The Morgan fingerprint density at radius 3 is 2.51 bits per heavy atom. The first-order valence-electron chi connectivity index (χ1n) is 14.1. The van der Waals surface area contributed by atoms with E-state index in [9.17, 15) is 14.3 Å². The molecule has 2 saturated heterocycles. The molecule has 3 fully saturated rings. The van der Waals surface area contributed by atoms with E-state index in [4.69, 9.17) is 0 Å². The van der Waals surface area contributed by atoms with Gasteiger partial charge in [0.25, 0.3) is 0 Å². The van der Waals surface area contributed by atoms with Crippen molar-refractivity contribution < 1.29 is 14.3 Å². The summed E-state index contributed by atoms with van der Waals surface area (Å²) in [6.45, 7) is 6.05. The smallest absolute Gasteiger partial charge is 0.320 e. The van der Waals surface area contributed by atoms with Gasteiger partial charge in [-0.2, -0.15) is 0 Å². The van der Waals surface area contributed by atoms with Crippen molar-refractivity contribution in [3.63, 3.8) is 0 Å². The van der Waals surface area contributed by atoms with Crippen LogP contribution in [-0.4, -0.2) is 70.1 Å². The maximum absolute atomic E-state index is 13.3. The highest BCUT2D eigenvalue weighted by molar-refractivity contribution is 5.73. The van der Waals surface area contributed by atoms with E-state index in [1.54, 1.807) is 12.1 Å². The zero-order chi connectivity index (χ0) is 26.2. The Hall–Kier alpha value is -2.38. The molecule has 0 spiro atoms. The van der Waals surface area contributed by atoms with E-state index in [2.05, 4.69) is 26.8 Å². The second-order valence-corrected chi connectivity index (χ2v) is 11.4. The fourth-order valence-electron chi connectivity index (χ4n) is 5.65. The SMILES string of the molecule is Cc1cnc(CCCC2CCN(C)CC2)cn1.O=C(O)C(CC1CC1)N1CCC(c2cccc(F)c2)C1. The van der Waals surface area contributed by atoms with Gasteiger partial charge in [-0.05, 0) is 114 Å². The summed E-state index contributed by atoms with van der Waals surface area (Å²) in [5, 5.41) is 9.41. The van der Waals surface area contributed by atoms with Gasteiger partial charge in [0.15, 0.2) is 0 Å². The molecule has 2 unspecified atom stereocenters. The van der Waals surface area contributed by atoms with Gasteiger partial charge in [0.2, 0.25) is 0 Å². The number of hydrogen-bond acceptors (Lipinski definition) is 5.